The van der Waals surface area contributed by atoms with E-state index in [1.54, 1.807) is 24.3 Å². The first-order valence-corrected chi connectivity index (χ1v) is 8.63. The van der Waals surface area contributed by atoms with Crippen molar-refractivity contribution in [2.24, 2.45) is 22.8 Å². The number of hydrogen-bond donors (Lipinski definition) is 3. The number of nitrogens with two attached hydrogens (primary N) is 2. The van der Waals surface area contributed by atoms with Crippen molar-refractivity contribution in [1.82, 2.24) is 5.32 Å². The molecule has 2 unspecified atom stereocenters. The second-order valence-corrected chi connectivity index (χ2v) is 6.64. The second kappa shape index (κ2) is 7.44. The van der Waals surface area contributed by atoms with Crippen molar-refractivity contribution in [2.45, 2.75) is 5.92 Å². The van der Waals surface area contributed by atoms with Crippen LogP contribution in [0.4, 0.5) is 0 Å². The highest BCUT2D eigenvalue weighted by molar-refractivity contribution is 5.75. The molecule has 2 atom stereocenters. The average molecular weight is 374 g/mol. The molecule has 5 N–H and O–H groups in total. The van der Waals surface area contributed by atoms with Gasteiger partial charge in [0, 0.05) is 24.9 Å². The molecule has 2 aliphatic rings. The minimum atomic E-state index is -1.63. The van der Waals surface area contributed by atoms with Crippen LogP contribution in [0.1, 0.15) is 11.5 Å². The monoisotopic (exact) mass is 374 g/mol. The van der Waals surface area contributed by atoms with E-state index in [-0.39, 0.29) is 23.8 Å². The molecule has 1 amide bonds. The molecule has 1 aromatic rings. The zero-order valence-electron chi connectivity index (χ0n) is 15.0. The first kappa shape index (κ1) is 19.0. The highest BCUT2D eigenvalue weighted by atomic mass is 16.5. The zero-order valence-corrected chi connectivity index (χ0v) is 15.0. The minimum Gasteiger partial charge on any atom is -0.484 e. The van der Waals surface area contributed by atoms with Gasteiger partial charge in [0.2, 0.25) is 5.41 Å². The first-order valence-electron chi connectivity index (χ1n) is 8.63. The predicted octanol–water partition coefficient (Wildman–Crippen LogP) is 0.564. The van der Waals surface area contributed by atoms with Crippen LogP contribution >= 0.6 is 0 Å². The van der Waals surface area contributed by atoms with Gasteiger partial charge in [0.25, 0.3) is 5.91 Å². The number of benzene rings is 1. The molecule has 140 valence electrons. The molecule has 0 bridgehead atoms. The van der Waals surface area contributed by atoms with Crippen molar-refractivity contribution >= 4 is 5.91 Å². The van der Waals surface area contributed by atoms with E-state index in [1.165, 1.54) is 0 Å². The van der Waals surface area contributed by atoms with Gasteiger partial charge < -0.3 is 21.5 Å². The standard InChI is InChI=1S/C20H18N6O2/c21-7-14-18(12-1-3-13(4-2-12)28-9-17(24)27)15-8-26-6-5-16(15)20(10-22,11-23)19(14)25/h1-5,15,18,26H,6,8-9,25H2,(H2,24,27). The number of hydrogen-bond acceptors (Lipinski definition) is 7. The molecular formula is C20H18N6O2. The lowest BCUT2D eigenvalue weighted by Gasteiger charge is -2.42. The third-order valence-electron chi connectivity index (χ3n) is 5.15. The number of carbonyl (C=O) groups is 1. The molecule has 1 aliphatic carbocycles. The summed E-state index contributed by atoms with van der Waals surface area (Å²) in [6, 6.07) is 13.1. The van der Waals surface area contributed by atoms with Gasteiger partial charge in [-0.25, -0.2) is 0 Å². The Morgan fingerprint density at radius 2 is 1.93 bits per heavy atom. The predicted molar refractivity (Wildman–Crippen MR) is 98.8 cm³/mol. The third-order valence-corrected chi connectivity index (χ3v) is 5.15. The van der Waals surface area contributed by atoms with Gasteiger partial charge in [0.1, 0.15) is 5.75 Å². The Bertz CT molecular complexity index is 973. The quantitative estimate of drug-likeness (QED) is 0.649. The largest absolute Gasteiger partial charge is 0.484 e. The van der Waals surface area contributed by atoms with Crippen molar-refractivity contribution in [2.75, 3.05) is 19.7 Å². The fourth-order valence-corrected chi connectivity index (χ4v) is 3.87. The maximum Gasteiger partial charge on any atom is 0.255 e. The number of rotatable bonds is 4. The third kappa shape index (κ3) is 2.95. The van der Waals surface area contributed by atoms with E-state index in [9.17, 15) is 20.6 Å². The molecule has 0 radical (unpaired) electrons. The molecule has 8 nitrogen and oxygen atoms in total. The van der Waals surface area contributed by atoms with Crippen LogP contribution in [0.3, 0.4) is 0 Å². The summed E-state index contributed by atoms with van der Waals surface area (Å²) >= 11 is 0. The van der Waals surface area contributed by atoms with E-state index in [4.69, 9.17) is 16.2 Å². The lowest BCUT2D eigenvalue weighted by atomic mass is 9.60. The molecule has 1 aromatic carbocycles. The summed E-state index contributed by atoms with van der Waals surface area (Å²) in [6.07, 6.45) is 1.82. The highest BCUT2D eigenvalue weighted by Gasteiger charge is 2.51. The molecule has 0 saturated carbocycles. The van der Waals surface area contributed by atoms with Crippen molar-refractivity contribution in [3.05, 3.63) is 52.7 Å². The smallest absolute Gasteiger partial charge is 0.255 e. The summed E-state index contributed by atoms with van der Waals surface area (Å²) in [4.78, 5) is 10.9. The summed E-state index contributed by atoms with van der Waals surface area (Å²) in [6.45, 7) is 0.810. The number of primary amides is 1. The number of nitrogens with one attached hydrogen (secondary N) is 1. The van der Waals surface area contributed by atoms with Crippen LogP contribution in [-0.2, 0) is 4.79 Å². The fourth-order valence-electron chi connectivity index (χ4n) is 3.87. The van der Waals surface area contributed by atoms with Crippen molar-refractivity contribution in [3.8, 4) is 24.0 Å². The molecule has 1 heterocycles. The first-order chi connectivity index (χ1) is 13.5. The van der Waals surface area contributed by atoms with Gasteiger partial charge >= 0.3 is 0 Å². The van der Waals surface area contributed by atoms with Gasteiger partial charge in [-0.15, -0.1) is 0 Å². The maximum absolute atomic E-state index is 10.9. The molecule has 1 aliphatic heterocycles. The Labute approximate surface area is 162 Å². The lowest BCUT2D eigenvalue weighted by molar-refractivity contribution is -0.119. The summed E-state index contributed by atoms with van der Waals surface area (Å²) in [5.41, 5.74) is 11.3. The fraction of sp³-hybridized carbons (Fsp3) is 0.300. The van der Waals surface area contributed by atoms with Crippen LogP contribution < -0.4 is 21.5 Å². The van der Waals surface area contributed by atoms with Crippen molar-refractivity contribution in [1.29, 1.82) is 15.8 Å². The number of nitrogens with zero attached hydrogens (tertiary/aromatic N) is 3. The van der Waals surface area contributed by atoms with Crippen LogP contribution in [-0.4, -0.2) is 25.6 Å². The SMILES string of the molecule is N#CC1=C(N)C(C#N)(C#N)C2=CCNCC2C1c1ccc(OCC(N)=O)cc1. The van der Waals surface area contributed by atoms with E-state index in [0.717, 1.165) is 5.56 Å². The molecule has 0 spiro atoms. The Balaban J connectivity index is 2.09. The summed E-state index contributed by atoms with van der Waals surface area (Å²) < 4.78 is 5.27. The van der Waals surface area contributed by atoms with Gasteiger partial charge in [0.15, 0.2) is 6.61 Å². The van der Waals surface area contributed by atoms with E-state index in [0.29, 0.717) is 24.4 Å². The number of allylic oxidation sites excluding steroid dienone is 2. The van der Waals surface area contributed by atoms with Crippen LogP contribution in [0.25, 0.3) is 0 Å². The maximum atomic E-state index is 10.9. The van der Waals surface area contributed by atoms with Gasteiger partial charge in [-0.05, 0) is 23.3 Å². The molecule has 3 rings (SSSR count). The van der Waals surface area contributed by atoms with Crippen LogP contribution in [0.15, 0.2) is 47.2 Å². The van der Waals surface area contributed by atoms with Gasteiger partial charge in [0.05, 0.1) is 29.5 Å². The zero-order chi connectivity index (χ0) is 20.3. The number of ether oxygens (including phenoxy) is 1. The van der Waals surface area contributed by atoms with Crippen LogP contribution in [0.5, 0.6) is 5.75 Å². The van der Waals surface area contributed by atoms with Gasteiger partial charge in [-0.3, -0.25) is 4.79 Å². The molecule has 28 heavy (non-hydrogen) atoms. The topological polar surface area (TPSA) is 162 Å². The van der Waals surface area contributed by atoms with Crippen molar-refractivity contribution < 1.29 is 9.53 Å². The highest BCUT2D eigenvalue weighted by Crippen LogP contribution is 2.52. The van der Waals surface area contributed by atoms with Crippen molar-refractivity contribution in [3.63, 3.8) is 0 Å². The summed E-state index contributed by atoms with van der Waals surface area (Å²) in [5, 5.41) is 32.5. The molecule has 8 heteroatoms. The number of nitriles is 3. The number of carbonyl (C=O) groups excluding carboxylic acids is 1. The van der Waals surface area contributed by atoms with Crippen LogP contribution in [0.2, 0.25) is 0 Å². The number of amides is 1. The lowest BCUT2D eigenvalue weighted by Crippen LogP contribution is -2.45. The normalized spacial score (nSPS) is 22.7. The Hall–Kier alpha value is -3.80. The summed E-state index contributed by atoms with van der Waals surface area (Å²) in [7, 11) is 0. The average Bonchev–Trinajstić information content (AvgIpc) is 2.72. The Kier molecular flexibility index (Phi) is 5.04. The van der Waals surface area contributed by atoms with E-state index in [2.05, 4.69) is 11.4 Å². The number of fused-ring (bicyclic) bond motifs is 1. The van der Waals surface area contributed by atoms with E-state index < -0.39 is 17.2 Å². The minimum absolute atomic E-state index is 0.0107. The summed E-state index contributed by atoms with van der Waals surface area (Å²) in [5.74, 6) is -0.766. The Morgan fingerprint density at radius 3 is 2.50 bits per heavy atom. The van der Waals surface area contributed by atoms with Gasteiger partial charge in [-0.2, -0.15) is 15.8 Å². The van der Waals surface area contributed by atoms with E-state index in [1.807, 2.05) is 18.2 Å². The molecular weight excluding hydrogens is 356 g/mol. The van der Waals surface area contributed by atoms with Gasteiger partial charge in [-0.1, -0.05) is 18.2 Å². The molecule has 0 saturated heterocycles. The second-order valence-electron chi connectivity index (χ2n) is 6.64. The molecule has 0 fully saturated rings. The molecule has 0 aromatic heterocycles. The van der Waals surface area contributed by atoms with E-state index >= 15 is 0 Å². The Morgan fingerprint density at radius 1 is 1.25 bits per heavy atom. The van der Waals surface area contributed by atoms with Crippen LogP contribution in [0, 0.1) is 45.3 Å².